The number of carbonyl (C=O) groups is 2. The molecule has 1 heterocycles. The van der Waals surface area contributed by atoms with E-state index >= 15 is 0 Å². The Hall–Kier alpha value is -3.06. The summed E-state index contributed by atoms with van der Waals surface area (Å²) in [6, 6.07) is 11.0. The fourth-order valence-electron chi connectivity index (χ4n) is 3.68. The molecule has 0 radical (unpaired) electrons. The minimum absolute atomic E-state index is 0.173. The first-order chi connectivity index (χ1) is 14.5. The highest BCUT2D eigenvalue weighted by Crippen LogP contribution is 2.28. The molecule has 1 aliphatic rings. The molecule has 1 saturated heterocycles. The van der Waals surface area contributed by atoms with Gasteiger partial charge in [0, 0.05) is 43.8 Å². The third kappa shape index (κ3) is 5.30. The van der Waals surface area contributed by atoms with E-state index in [0.717, 1.165) is 48.4 Å². The molecule has 0 bridgehead atoms. The Kier molecular flexibility index (Phi) is 7.30. The molecule has 2 aromatic rings. The van der Waals surface area contributed by atoms with Crippen LogP contribution in [0.3, 0.4) is 0 Å². The second-order valence-electron chi connectivity index (χ2n) is 7.52. The van der Waals surface area contributed by atoms with E-state index in [9.17, 15) is 9.59 Å². The summed E-state index contributed by atoms with van der Waals surface area (Å²) < 4.78 is 5.02. The number of amides is 3. The van der Waals surface area contributed by atoms with E-state index in [-0.39, 0.29) is 11.9 Å². The first-order valence-electron chi connectivity index (χ1n) is 10.3. The molecule has 1 fully saturated rings. The number of hydrogen-bond acceptors (Lipinski definition) is 4. The standard InChI is InChI=1S/C23H30N4O3/c1-16-7-6-8-17(2)21(16)26-23(29)25-18-9-10-20(27-12-4-5-13-27)19(15-18)22(28)24-11-14-30-3/h6-10,15H,4-5,11-14H2,1-3H3,(H,24,28)(H2,25,26,29). The van der Waals surface area contributed by atoms with Gasteiger partial charge in [0.05, 0.1) is 12.2 Å². The van der Waals surface area contributed by atoms with Crippen molar-refractivity contribution in [3.63, 3.8) is 0 Å². The minimum atomic E-state index is -0.341. The molecule has 0 spiro atoms. The number of carbonyl (C=O) groups excluding carboxylic acids is 2. The van der Waals surface area contributed by atoms with Gasteiger partial charge in [-0.2, -0.15) is 0 Å². The van der Waals surface area contributed by atoms with Crippen LogP contribution >= 0.6 is 0 Å². The summed E-state index contributed by atoms with van der Waals surface area (Å²) in [6.07, 6.45) is 2.23. The van der Waals surface area contributed by atoms with Gasteiger partial charge in [-0.1, -0.05) is 18.2 Å². The maximum atomic E-state index is 12.8. The molecule has 0 aromatic heterocycles. The molecule has 7 heteroatoms. The highest BCUT2D eigenvalue weighted by Gasteiger charge is 2.20. The summed E-state index contributed by atoms with van der Waals surface area (Å²) >= 11 is 0. The number of anilines is 3. The summed E-state index contributed by atoms with van der Waals surface area (Å²) in [4.78, 5) is 27.6. The summed E-state index contributed by atoms with van der Waals surface area (Å²) in [5.41, 5.74) is 4.79. The van der Waals surface area contributed by atoms with Crippen molar-refractivity contribution < 1.29 is 14.3 Å². The number of benzene rings is 2. The predicted octanol–water partition coefficient (Wildman–Crippen LogP) is 3.92. The summed E-state index contributed by atoms with van der Waals surface area (Å²) in [5.74, 6) is -0.173. The number of rotatable bonds is 7. The van der Waals surface area contributed by atoms with Crippen LogP contribution in [-0.4, -0.2) is 45.3 Å². The first kappa shape index (κ1) is 21.6. The Morgan fingerprint density at radius 3 is 2.40 bits per heavy atom. The van der Waals surface area contributed by atoms with E-state index in [2.05, 4.69) is 20.9 Å². The normalized spacial score (nSPS) is 13.2. The van der Waals surface area contributed by atoms with Crippen molar-refractivity contribution in [3.05, 3.63) is 53.1 Å². The van der Waals surface area contributed by atoms with Crippen LogP contribution in [-0.2, 0) is 4.74 Å². The summed E-state index contributed by atoms with van der Waals surface area (Å²) in [6.45, 7) is 6.64. The van der Waals surface area contributed by atoms with Crippen LogP contribution in [0.1, 0.15) is 34.3 Å². The van der Waals surface area contributed by atoms with Gasteiger partial charge >= 0.3 is 6.03 Å². The number of para-hydroxylation sites is 1. The SMILES string of the molecule is COCCNC(=O)c1cc(NC(=O)Nc2c(C)cccc2C)ccc1N1CCCC1. The van der Waals surface area contributed by atoms with E-state index in [0.29, 0.717) is 24.4 Å². The monoisotopic (exact) mass is 410 g/mol. The summed E-state index contributed by atoms with van der Waals surface area (Å²) in [7, 11) is 1.60. The van der Waals surface area contributed by atoms with Crippen molar-refractivity contribution in [2.75, 3.05) is 48.9 Å². The Morgan fingerprint density at radius 2 is 1.73 bits per heavy atom. The lowest BCUT2D eigenvalue weighted by molar-refractivity contribution is 0.0937. The largest absolute Gasteiger partial charge is 0.383 e. The Balaban J connectivity index is 1.78. The molecule has 30 heavy (non-hydrogen) atoms. The molecule has 7 nitrogen and oxygen atoms in total. The third-order valence-corrected chi connectivity index (χ3v) is 5.26. The fraction of sp³-hybridized carbons (Fsp3) is 0.391. The zero-order chi connectivity index (χ0) is 21.5. The zero-order valence-corrected chi connectivity index (χ0v) is 17.9. The quantitative estimate of drug-likeness (QED) is 0.604. The lowest BCUT2D eigenvalue weighted by atomic mass is 10.1. The topological polar surface area (TPSA) is 82.7 Å². The molecule has 3 N–H and O–H groups in total. The molecule has 0 atom stereocenters. The number of nitrogens with one attached hydrogen (secondary N) is 3. The van der Waals surface area contributed by atoms with Crippen LogP contribution in [0.15, 0.2) is 36.4 Å². The Labute approximate surface area is 177 Å². The molecule has 3 rings (SSSR count). The van der Waals surface area contributed by atoms with Crippen LogP contribution in [0.2, 0.25) is 0 Å². The number of urea groups is 1. The number of ether oxygens (including phenoxy) is 1. The van der Waals surface area contributed by atoms with Crippen LogP contribution in [0, 0.1) is 13.8 Å². The highest BCUT2D eigenvalue weighted by atomic mass is 16.5. The van der Waals surface area contributed by atoms with Crippen molar-refractivity contribution in [1.82, 2.24) is 5.32 Å². The Morgan fingerprint density at radius 1 is 1.03 bits per heavy atom. The zero-order valence-electron chi connectivity index (χ0n) is 17.9. The first-order valence-corrected chi connectivity index (χ1v) is 10.3. The Bertz CT molecular complexity index is 887. The van der Waals surface area contributed by atoms with Crippen LogP contribution in [0.4, 0.5) is 21.9 Å². The van der Waals surface area contributed by atoms with Crippen molar-refractivity contribution >= 4 is 29.0 Å². The maximum absolute atomic E-state index is 12.8. The molecular formula is C23H30N4O3. The van der Waals surface area contributed by atoms with Gasteiger partial charge in [0.25, 0.3) is 5.91 Å². The molecule has 1 aliphatic heterocycles. The highest BCUT2D eigenvalue weighted by molar-refractivity contribution is 6.04. The average Bonchev–Trinajstić information content (AvgIpc) is 3.25. The number of nitrogens with zero attached hydrogens (tertiary/aromatic N) is 1. The second-order valence-corrected chi connectivity index (χ2v) is 7.52. The smallest absolute Gasteiger partial charge is 0.323 e. The van der Waals surface area contributed by atoms with Crippen LogP contribution < -0.4 is 20.9 Å². The van der Waals surface area contributed by atoms with Gasteiger partial charge < -0.3 is 25.6 Å². The van der Waals surface area contributed by atoms with E-state index in [4.69, 9.17) is 4.74 Å². The van der Waals surface area contributed by atoms with Gasteiger partial charge in [0.1, 0.15) is 0 Å². The van der Waals surface area contributed by atoms with Gasteiger partial charge in [0.15, 0.2) is 0 Å². The lowest BCUT2D eigenvalue weighted by Gasteiger charge is -2.22. The molecule has 0 saturated carbocycles. The molecule has 160 valence electrons. The lowest BCUT2D eigenvalue weighted by Crippen LogP contribution is -2.30. The number of aryl methyl sites for hydroxylation is 2. The minimum Gasteiger partial charge on any atom is -0.383 e. The van der Waals surface area contributed by atoms with Gasteiger partial charge in [-0.25, -0.2) is 4.79 Å². The maximum Gasteiger partial charge on any atom is 0.323 e. The average molecular weight is 411 g/mol. The summed E-state index contributed by atoms with van der Waals surface area (Å²) in [5, 5.41) is 8.64. The van der Waals surface area contributed by atoms with E-state index in [1.165, 1.54) is 0 Å². The second kappa shape index (κ2) is 10.1. The van der Waals surface area contributed by atoms with E-state index in [1.54, 1.807) is 13.2 Å². The van der Waals surface area contributed by atoms with E-state index < -0.39 is 0 Å². The van der Waals surface area contributed by atoms with Crippen molar-refractivity contribution in [3.8, 4) is 0 Å². The number of methoxy groups -OCH3 is 1. The number of hydrogen-bond donors (Lipinski definition) is 3. The van der Waals surface area contributed by atoms with Gasteiger partial charge in [0.2, 0.25) is 0 Å². The third-order valence-electron chi connectivity index (χ3n) is 5.26. The molecule has 0 unspecified atom stereocenters. The van der Waals surface area contributed by atoms with Gasteiger partial charge in [-0.15, -0.1) is 0 Å². The fourth-order valence-corrected chi connectivity index (χ4v) is 3.68. The van der Waals surface area contributed by atoms with Gasteiger partial charge in [-0.05, 0) is 56.0 Å². The van der Waals surface area contributed by atoms with E-state index in [1.807, 2.05) is 44.2 Å². The molecule has 0 aliphatic carbocycles. The predicted molar refractivity (Wildman–Crippen MR) is 121 cm³/mol. The molecule has 2 aromatic carbocycles. The van der Waals surface area contributed by atoms with Crippen molar-refractivity contribution in [2.45, 2.75) is 26.7 Å². The van der Waals surface area contributed by atoms with Crippen molar-refractivity contribution in [2.24, 2.45) is 0 Å². The van der Waals surface area contributed by atoms with Crippen LogP contribution in [0.5, 0.6) is 0 Å². The van der Waals surface area contributed by atoms with Crippen molar-refractivity contribution in [1.29, 1.82) is 0 Å². The van der Waals surface area contributed by atoms with Gasteiger partial charge in [-0.3, -0.25) is 4.79 Å². The van der Waals surface area contributed by atoms with Crippen LogP contribution in [0.25, 0.3) is 0 Å². The molecule has 3 amide bonds. The molecular weight excluding hydrogens is 380 g/mol.